The fourth-order valence-electron chi connectivity index (χ4n) is 2.94. The van der Waals surface area contributed by atoms with E-state index >= 15 is 0 Å². The highest BCUT2D eigenvalue weighted by molar-refractivity contribution is 5.92. The molecule has 0 bridgehead atoms. The number of benzene rings is 1. The molecule has 0 radical (unpaired) electrons. The molecule has 0 spiro atoms. The average molecular weight is 253 g/mol. The molecule has 96 valence electrons. The van der Waals surface area contributed by atoms with Crippen molar-refractivity contribution in [2.75, 3.05) is 5.32 Å². The molecule has 1 aromatic carbocycles. The zero-order chi connectivity index (χ0) is 12.8. The number of anilines is 1. The van der Waals surface area contributed by atoms with Crippen molar-refractivity contribution >= 4 is 11.9 Å². The first-order chi connectivity index (χ1) is 9.33. The van der Waals surface area contributed by atoms with E-state index < -0.39 is 0 Å². The molecule has 19 heavy (non-hydrogen) atoms. The van der Waals surface area contributed by atoms with Crippen LogP contribution < -0.4 is 11.1 Å². The number of hydrogen-bond acceptors (Lipinski definition) is 4. The summed E-state index contributed by atoms with van der Waals surface area (Å²) in [6, 6.07) is 10.2. The fraction of sp³-hybridized carbons (Fsp3) is 0.286. The lowest BCUT2D eigenvalue weighted by atomic mass is 10.1. The normalized spacial score (nSPS) is 20.4. The number of fused-ring (bicyclic) bond motifs is 3. The van der Waals surface area contributed by atoms with Gasteiger partial charge >= 0.3 is 0 Å². The predicted octanol–water partition coefficient (Wildman–Crippen LogP) is 1.66. The Bertz CT molecular complexity index is 656. The number of nitrogens with one attached hydrogen (secondary N) is 1. The monoisotopic (exact) mass is 253 g/mol. The molecule has 0 unspecified atom stereocenters. The summed E-state index contributed by atoms with van der Waals surface area (Å²) in [4.78, 5) is 9.20. The third-order valence-corrected chi connectivity index (χ3v) is 3.76. The average Bonchev–Trinajstić information content (AvgIpc) is 2.98. The van der Waals surface area contributed by atoms with E-state index in [4.69, 9.17) is 5.73 Å². The largest absolute Gasteiger partial charge is 0.370 e. The lowest BCUT2D eigenvalue weighted by Crippen LogP contribution is -2.32. The highest BCUT2D eigenvalue weighted by atomic mass is 15.4. The first-order valence-electron chi connectivity index (χ1n) is 6.58. The molecule has 1 atom stereocenters. The minimum absolute atomic E-state index is 0.0909. The first-order valence-corrected chi connectivity index (χ1v) is 6.58. The summed E-state index contributed by atoms with van der Waals surface area (Å²) < 4.78 is 2.19. The molecule has 0 fully saturated rings. The summed E-state index contributed by atoms with van der Waals surface area (Å²) in [5.74, 6) is 1.26. The quantitative estimate of drug-likeness (QED) is 0.812. The second kappa shape index (κ2) is 3.85. The van der Waals surface area contributed by atoms with Crippen LogP contribution in [-0.2, 0) is 12.8 Å². The van der Waals surface area contributed by atoms with Gasteiger partial charge in [-0.2, -0.15) is 0 Å². The summed E-state index contributed by atoms with van der Waals surface area (Å²) in [5.41, 5.74) is 9.51. The van der Waals surface area contributed by atoms with Crippen LogP contribution in [0.5, 0.6) is 0 Å². The highest BCUT2D eigenvalue weighted by Crippen LogP contribution is 2.34. The van der Waals surface area contributed by atoms with Gasteiger partial charge in [-0.15, -0.1) is 0 Å². The molecule has 5 nitrogen and oxygen atoms in total. The minimum atomic E-state index is -0.0909. The fourth-order valence-corrected chi connectivity index (χ4v) is 2.94. The Morgan fingerprint density at radius 1 is 1.21 bits per heavy atom. The SMILES string of the molecule is NC1=N[C@H](c2ccccc2)n2c(nc3c2CCC3)N1. The number of imidazole rings is 1. The van der Waals surface area contributed by atoms with Gasteiger partial charge in [0.2, 0.25) is 5.95 Å². The molecular weight excluding hydrogens is 238 g/mol. The highest BCUT2D eigenvalue weighted by Gasteiger charge is 2.29. The molecule has 1 aliphatic heterocycles. The Balaban J connectivity index is 1.90. The maximum absolute atomic E-state index is 5.88. The summed E-state index contributed by atoms with van der Waals surface area (Å²) >= 11 is 0. The Morgan fingerprint density at radius 3 is 2.89 bits per heavy atom. The van der Waals surface area contributed by atoms with Crippen LogP contribution in [0.1, 0.15) is 29.5 Å². The maximum atomic E-state index is 5.88. The van der Waals surface area contributed by atoms with Crippen LogP contribution in [0.2, 0.25) is 0 Å². The molecule has 0 saturated heterocycles. The summed E-state index contributed by atoms with van der Waals surface area (Å²) in [6.07, 6.45) is 3.21. The van der Waals surface area contributed by atoms with E-state index in [0.717, 1.165) is 24.4 Å². The molecule has 0 saturated carbocycles. The van der Waals surface area contributed by atoms with Crippen LogP contribution in [0.3, 0.4) is 0 Å². The molecule has 0 amide bonds. The molecular formula is C14H15N5. The number of nitrogens with zero attached hydrogens (tertiary/aromatic N) is 3. The molecule has 4 rings (SSSR count). The van der Waals surface area contributed by atoms with Gasteiger partial charge in [-0.1, -0.05) is 30.3 Å². The predicted molar refractivity (Wildman–Crippen MR) is 74.1 cm³/mol. The second-order valence-electron chi connectivity index (χ2n) is 4.98. The summed E-state index contributed by atoms with van der Waals surface area (Å²) in [5, 5.41) is 3.07. The van der Waals surface area contributed by atoms with Gasteiger partial charge in [0.1, 0.15) is 0 Å². The number of hydrogen-bond donors (Lipinski definition) is 2. The Morgan fingerprint density at radius 2 is 2.05 bits per heavy atom. The van der Waals surface area contributed by atoms with Crippen molar-refractivity contribution in [1.82, 2.24) is 9.55 Å². The number of aromatic nitrogens is 2. The molecule has 2 aliphatic rings. The minimum Gasteiger partial charge on any atom is -0.370 e. The Hall–Kier alpha value is -2.30. The third kappa shape index (κ3) is 1.54. The summed E-state index contributed by atoms with van der Waals surface area (Å²) in [7, 11) is 0. The van der Waals surface area contributed by atoms with Crippen molar-refractivity contribution in [2.24, 2.45) is 10.7 Å². The number of nitrogens with two attached hydrogens (primary N) is 1. The van der Waals surface area contributed by atoms with E-state index in [1.54, 1.807) is 0 Å². The maximum Gasteiger partial charge on any atom is 0.212 e. The lowest BCUT2D eigenvalue weighted by molar-refractivity contribution is 0.584. The van der Waals surface area contributed by atoms with E-state index in [1.807, 2.05) is 18.2 Å². The zero-order valence-corrected chi connectivity index (χ0v) is 10.5. The van der Waals surface area contributed by atoms with E-state index in [2.05, 4.69) is 32.0 Å². The summed E-state index contributed by atoms with van der Waals surface area (Å²) in [6.45, 7) is 0. The van der Waals surface area contributed by atoms with Gasteiger partial charge in [0.25, 0.3) is 0 Å². The van der Waals surface area contributed by atoms with Crippen molar-refractivity contribution in [3.8, 4) is 0 Å². The number of aliphatic imine (C=N–C) groups is 1. The van der Waals surface area contributed by atoms with E-state index in [-0.39, 0.29) is 6.17 Å². The van der Waals surface area contributed by atoms with Crippen LogP contribution >= 0.6 is 0 Å². The Labute approximate surface area is 111 Å². The first kappa shape index (κ1) is 10.6. The van der Waals surface area contributed by atoms with Crippen LogP contribution in [-0.4, -0.2) is 15.5 Å². The topological polar surface area (TPSA) is 68.2 Å². The van der Waals surface area contributed by atoms with Crippen molar-refractivity contribution < 1.29 is 0 Å². The number of aryl methyl sites for hydroxylation is 1. The molecule has 2 heterocycles. The van der Waals surface area contributed by atoms with Crippen LogP contribution in [0.15, 0.2) is 35.3 Å². The zero-order valence-electron chi connectivity index (χ0n) is 10.5. The smallest absolute Gasteiger partial charge is 0.212 e. The number of rotatable bonds is 1. The molecule has 2 aromatic rings. The Kier molecular flexibility index (Phi) is 2.15. The van der Waals surface area contributed by atoms with E-state index in [0.29, 0.717) is 5.96 Å². The van der Waals surface area contributed by atoms with Gasteiger partial charge in [0.15, 0.2) is 12.1 Å². The molecule has 1 aliphatic carbocycles. The van der Waals surface area contributed by atoms with Gasteiger partial charge in [0, 0.05) is 5.69 Å². The van der Waals surface area contributed by atoms with E-state index in [9.17, 15) is 0 Å². The lowest BCUT2D eigenvalue weighted by Gasteiger charge is -2.24. The van der Waals surface area contributed by atoms with Crippen molar-refractivity contribution in [3.63, 3.8) is 0 Å². The van der Waals surface area contributed by atoms with Crippen molar-refractivity contribution in [3.05, 3.63) is 47.3 Å². The van der Waals surface area contributed by atoms with Crippen molar-refractivity contribution in [1.29, 1.82) is 0 Å². The number of guanidine groups is 1. The molecule has 3 N–H and O–H groups in total. The standard InChI is InChI=1S/C14H15N5/c15-13-17-12(9-5-2-1-3-6-9)19-11-8-4-7-10(11)16-14(19)18-13/h1-3,5-6,12H,4,7-8H2,(H3,15,16,17,18)/t12-/m0/s1. The van der Waals surface area contributed by atoms with Gasteiger partial charge < -0.3 is 5.73 Å². The van der Waals surface area contributed by atoms with Gasteiger partial charge in [0.05, 0.1) is 5.69 Å². The third-order valence-electron chi connectivity index (χ3n) is 3.76. The van der Waals surface area contributed by atoms with Crippen LogP contribution in [0, 0.1) is 0 Å². The van der Waals surface area contributed by atoms with Crippen LogP contribution in [0.4, 0.5) is 5.95 Å². The van der Waals surface area contributed by atoms with E-state index in [1.165, 1.54) is 17.8 Å². The van der Waals surface area contributed by atoms with Crippen molar-refractivity contribution in [2.45, 2.75) is 25.4 Å². The molecule has 1 aromatic heterocycles. The van der Waals surface area contributed by atoms with Gasteiger partial charge in [-0.05, 0) is 24.8 Å². The van der Waals surface area contributed by atoms with Crippen LogP contribution in [0.25, 0.3) is 0 Å². The van der Waals surface area contributed by atoms with Gasteiger partial charge in [-0.25, -0.2) is 9.98 Å². The van der Waals surface area contributed by atoms with Gasteiger partial charge in [-0.3, -0.25) is 9.88 Å². The molecule has 5 heteroatoms. The second-order valence-corrected chi connectivity index (χ2v) is 4.98.